The summed E-state index contributed by atoms with van der Waals surface area (Å²) in [5.41, 5.74) is 1.77. The van der Waals surface area contributed by atoms with Gasteiger partial charge >= 0.3 is 0 Å². The van der Waals surface area contributed by atoms with Crippen LogP contribution in [-0.2, 0) is 0 Å². The molecule has 2 heterocycles. The van der Waals surface area contributed by atoms with Crippen LogP contribution in [0.15, 0.2) is 22.7 Å². The molecule has 0 unspecified atom stereocenters. The zero-order valence-corrected chi connectivity index (χ0v) is 4.80. The van der Waals surface area contributed by atoms with Crippen LogP contribution in [0.25, 0.3) is 0 Å². The van der Waals surface area contributed by atoms with E-state index in [1.54, 1.807) is 16.6 Å². The summed E-state index contributed by atoms with van der Waals surface area (Å²) in [6.07, 6.45) is 3.57. The van der Waals surface area contributed by atoms with Gasteiger partial charge in [-0.1, -0.05) is 11.8 Å². The SMILES string of the molecule is C1=Nn2cnc(c2)S1. The van der Waals surface area contributed by atoms with Crippen LogP contribution in [-0.4, -0.2) is 15.2 Å². The molecule has 0 fully saturated rings. The molecule has 0 spiro atoms. The third kappa shape index (κ3) is 0.462. The van der Waals surface area contributed by atoms with Crippen LogP contribution in [0.3, 0.4) is 0 Å². The summed E-state index contributed by atoms with van der Waals surface area (Å²) in [6.45, 7) is 0. The van der Waals surface area contributed by atoms with E-state index in [1.807, 2.05) is 6.20 Å². The Labute approximate surface area is 50.4 Å². The molecule has 1 aliphatic rings. The molecule has 0 saturated heterocycles. The van der Waals surface area contributed by atoms with E-state index in [0.29, 0.717) is 0 Å². The van der Waals surface area contributed by atoms with Gasteiger partial charge in [0.15, 0.2) is 0 Å². The number of aromatic nitrogens is 2. The molecule has 8 heavy (non-hydrogen) atoms. The highest BCUT2D eigenvalue weighted by Gasteiger charge is 1.99. The predicted molar refractivity (Wildman–Crippen MR) is 32.0 cm³/mol. The van der Waals surface area contributed by atoms with E-state index >= 15 is 0 Å². The van der Waals surface area contributed by atoms with Crippen LogP contribution in [0.2, 0.25) is 0 Å². The second kappa shape index (κ2) is 1.35. The summed E-state index contributed by atoms with van der Waals surface area (Å²) in [7, 11) is 0. The van der Waals surface area contributed by atoms with E-state index in [2.05, 4.69) is 10.1 Å². The third-order valence-electron chi connectivity index (χ3n) is 0.900. The first-order valence-electron chi connectivity index (χ1n) is 2.18. The molecule has 0 radical (unpaired) electrons. The van der Waals surface area contributed by atoms with Crippen molar-refractivity contribution in [1.82, 2.24) is 9.66 Å². The van der Waals surface area contributed by atoms with Crippen LogP contribution in [0.5, 0.6) is 0 Å². The van der Waals surface area contributed by atoms with Crippen molar-refractivity contribution in [2.45, 2.75) is 5.03 Å². The number of imidazole rings is 1. The van der Waals surface area contributed by atoms with Crippen LogP contribution in [0, 0.1) is 0 Å². The number of thioether (sulfide) groups is 1. The predicted octanol–water partition coefficient (Wildman–Crippen LogP) is 0.780. The fourth-order valence-electron chi connectivity index (χ4n) is 0.552. The van der Waals surface area contributed by atoms with Crippen LogP contribution in [0.1, 0.15) is 0 Å². The molecule has 4 heteroatoms. The fourth-order valence-corrected chi connectivity index (χ4v) is 1.09. The standard InChI is InChI=1S/C4H3N3S/c1-4-5-2-7(1)6-3-8-4/h1-3H. The van der Waals surface area contributed by atoms with Crippen molar-refractivity contribution >= 4 is 17.3 Å². The van der Waals surface area contributed by atoms with Crippen LogP contribution >= 0.6 is 11.8 Å². The summed E-state index contributed by atoms with van der Waals surface area (Å²) in [5, 5.41) is 4.95. The van der Waals surface area contributed by atoms with Crippen LogP contribution < -0.4 is 0 Å². The maximum atomic E-state index is 4.00. The molecular formula is C4H3N3S. The second-order valence-corrected chi connectivity index (χ2v) is 2.30. The molecule has 3 nitrogen and oxygen atoms in total. The van der Waals surface area contributed by atoms with Crippen molar-refractivity contribution in [2.24, 2.45) is 5.10 Å². The van der Waals surface area contributed by atoms with Crippen molar-refractivity contribution in [2.75, 3.05) is 0 Å². The molecule has 1 aromatic rings. The highest BCUT2D eigenvalue weighted by Crippen LogP contribution is 2.15. The smallest absolute Gasteiger partial charge is 0.122 e. The molecule has 2 bridgehead atoms. The molecule has 40 valence electrons. The molecule has 0 aromatic carbocycles. The molecule has 1 aromatic heterocycles. The summed E-state index contributed by atoms with van der Waals surface area (Å²) in [4.78, 5) is 4.00. The quantitative estimate of drug-likeness (QED) is 0.513. The minimum Gasteiger partial charge on any atom is -0.228 e. The fraction of sp³-hybridized carbons (Fsp3) is 0. The van der Waals surface area contributed by atoms with Crippen molar-refractivity contribution in [3.63, 3.8) is 0 Å². The van der Waals surface area contributed by atoms with Crippen LogP contribution in [0.4, 0.5) is 0 Å². The Bertz CT molecular complexity index is 227. The highest BCUT2D eigenvalue weighted by molar-refractivity contribution is 8.12. The number of nitrogens with zero attached hydrogens (tertiary/aromatic N) is 3. The van der Waals surface area contributed by atoms with Crippen molar-refractivity contribution in [1.29, 1.82) is 0 Å². The second-order valence-electron chi connectivity index (χ2n) is 1.43. The van der Waals surface area contributed by atoms with Crippen molar-refractivity contribution in [3.8, 4) is 0 Å². The molecular weight excluding hydrogens is 122 g/mol. The van der Waals surface area contributed by atoms with E-state index in [9.17, 15) is 0 Å². The van der Waals surface area contributed by atoms with E-state index < -0.39 is 0 Å². The maximum absolute atomic E-state index is 4.00. The average molecular weight is 125 g/mol. The van der Waals surface area contributed by atoms with Crippen molar-refractivity contribution in [3.05, 3.63) is 12.5 Å². The van der Waals surface area contributed by atoms with Gasteiger partial charge in [-0.15, -0.1) is 0 Å². The van der Waals surface area contributed by atoms with Gasteiger partial charge in [0.25, 0.3) is 0 Å². The van der Waals surface area contributed by atoms with Gasteiger partial charge in [-0.3, -0.25) is 0 Å². The van der Waals surface area contributed by atoms with Gasteiger partial charge in [0.1, 0.15) is 11.4 Å². The Kier molecular flexibility index (Phi) is 0.700. The minimum absolute atomic E-state index is 1.01. The summed E-state index contributed by atoms with van der Waals surface area (Å²) < 4.78 is 1.69. The van der Waals surface area contributed by atoms with Crippen molar-refractivity contribution < 1.29 is 0 Å². The Morgan fingerprint density at radius 1 is 1.62 bits per heavy atom. The highest BCUT2D eigenvalue weighted by atomic mass is 32.2. The first-order chi connectivity index (χ1) is 3.95. The third-order valence-corrected chi connectivity index (χ3v) is 1.55. The summed E-state index contributed by atoms with van der Waals surface area (Å²) >= 11 is 1.53. The Morgan fingerprint density at radius 3 is 3.38 bits per heavy atom. The number of fused-ring (bicyclic) bond motifs is 2. The van der Waals surface area contributed by atoms with Gasteiger partial charge < -0.3 is 0 Å². The first-order valence-corrected chi connectivity index (χ1v) is 3.06. The van der Waals surface area contributed by atoms with E-state index in [-0.39, 0.29) is 0 Å². The molecule has 1 aliphatic heterocycles. The molecule has 2 rings (SSSR count). The number of rotatable bonds is 0. The Balaban J connectivity index is 2.66. The number of hydrogen-bond acceptors (Lipinski definition) is 3. The van der Waals surface area contributed by atoms with Gasteiger partial charge in [0, 0.05) is 0 Å². The van der Waals surface area contributed by atoms with E-state index in [0.717, 1.165) is 5.03 Å². The first kappa shape index (κ1) is 4.14. The zero-order valence-electron chi connectivity index (χ0n) is 3.98. The lowest BCUT2D eigenvalue weighted by atomic mass is 10.9. The average Bonchev–Trinajstić information content (AvgIpc) is 2.12. The maximum Gasteiger partial charge on any atom is 0.122 e. The molecule has 0 aliphatic carbocycles. The van der Waals surface area contributed by atoms with E-state index in [1.165, 1.54) is 11.8 Å². The molecule has 0 atom stereocenters. The van der Waals surface area contributed by atoms with Gasteiger partial charge in [0.05, 0.1) is 11.7 Å². The lowest BCUT2D eigenvalue weighted by molar-refractivity contribution is 0.882. The van der Waals surface area contributed by atoms with Gasteiger partial charge in [-0.2, -0.15) is 5.10 Å². The van der Waals surface area contributed by atoms with Gasteiger partial charge in [-0.25, -0.2) is 9.66 Å². The molecule has 0 amide bonds. The molecule has 0 saturated carbocycles. The van der Waals surface area contributed by atoms with E-state index in [4.69, 9.17) is 0 Å². The zero-order chi connectivity index (χ0) is 5.40. The largest absolute Gasteiger partial charge is 0.228 e. The lowest BCUT2D eigenvalue weighted by Crippen LogP contribution is -1.84. The minimum atomic E-state index is 1.01. The topological polar surface area (TPSA) is 30.2 Å². The Morgan fingerprint density at radius 2 is 2.62 bits per heavy atom. The monoisotopic (exact) mass is 125 g/mol. The summed E-state index contributed by atoms with van der Waals surface area (Å²) in [5.74, 6) is 0. The van der Waals surface area contributed by atoms with Gasteiger partial charge in [-0.05, 0) is 0 Å². The molecule has 0 N–H and O–H groups in total. The normalized spacial score (nSPS) is 14.5. The summed E-state index contributed by atoms with van der Waals surface area (Å²) in [6, 6.07) is 0. The lowest BCUT2D eigenvalue weighted by Gasteiger charge is -1.92. The Hall–Kier alpha value is -0.770. The number of hydrogen-bond donors (Lipinski definition) is 0. The van der Waals surface area contributed by atoms with Gasteiger partial charge in [0.2, 0.25) is 0 Å².